The van der Waals surface area contributed by atoms with Crippen molar-refractivity contribution >= 4 is 31.5 Å². The molecule has 8 rings (SSSR count). The summed E-state index contributed by atoms with van der Waals surface area (Å²) in [6, 6.07) is 21.1. The average Bonchev–Trinajstić information content (AvgIpc) is 3.12. The number of rotatable bonds is 2. The minimum atomic E-state index is 0. The van der Waals surface area contributed by atoms with Gasteiger partial charge in [-0.25, -0.2) is 0 Å². The topological polar surface area (TPSA) is 12.9 Å². The second kappa shape index (κ2) is 6.99. The quantitative estimate of drug-likeness (QED) is 0.223. The fraction of sp³-hybridized carbons (Fsp3) is 0.370. The van der Waals surface area contributed by atoms with Crippen molar-refractivity contribution in [3.63, 3.8) is 0 Å². The number of benzene rings is 2. The Morgan fingerprint density at radius 1 is 0.833 bits per heavy atom. The van der Waals surface area contributed by atoms with E-state index in [-0.39, 0.29) is 20.1 Å². The first kappa shape index (κ1) is 19.2. The largest absolute Gasteiger partial charge is 0.305 e. The van der Waals surface area contributed by atoms with Gasteiger partial charge >= 0.3 is 0 Å². The fourth-order valence-electron chi connectivity index (χ4n) is 7.32. The van der Waals surface area contributed by atoms with Gasteiger partial charge in [0.25, 0.3) is 0 Å². The van der Waals surface area contributed by atoms with E-state index in [2.05, 4.69) is 53.5 Å². The second-order valence-electron chi connectivity index (χ2n) is 9.79. The van der Waals surface area contributed by atoms with Crippen LogP contribution < -0.4 is 0 Å². The van der Waals surface area contributed by atoms with E-state index in [4.69, 9.17) is 0 Å². The van der Waals surface area contributed by atoms with E-state index < -0.39 is 0 Å². The van der Waals surface area contributed by atoms with Crippen LogP contribution in [-0.4, -0.2) is 4.98 Å². The summed E-state index contributed by atoms with van der Waals surface area (Å²) < 4.78 is 2.87. The van der Waals surface area contributed by atoms with Crippen molar-refractivity contribution in [1.82, 2.24) is 4.98 Å². The monoisotopic (exact) mass is 587 g/mol. The Kier molecular flexibility index (Phi) is 4.46. The molecule has 0 aliphatic heterocycles. The van der Waals surface area contributed by atoms with Crippen LogP contribution >= 0.6 is 11.3 Å². The summed E-state index contributed by atoms with van der Waals surface area (Å²) >= 11 is 1.99. The van der Waals surface area contributed by atoms with E-state index in [1.165, 1.54) is 58.7 Å². The molecule has 2 heterocycles. The van der Waals surface area contributed by atoms with Crippen LogP contribution in [0.2, 0.25) is 0 Å². The molecule has 4 bridgehead atoms. The van der Waals surface area contributed by atoms with Crippen LogP contribution in [0.4, 0.5) is 0 Å². The van der Waals surface area contributed by atoms with Gasteiger partial charge in [-0.15, -0.1) is 23.8 Å². The van der Waals surface area contributed by atoms with Gasteiger partial charge in [0.2, 0.25) is 0 Å². The third-order valence-corrected chi connectivity index (χ3v) is 9.26. The van der Waals surface area contributed by atoms with Gasteiger partial charge in [-0.2, -0.15) is 11.3 Å². The molecular weight excluding hydrogens is 563 g/mol. The van der Waals surface area contributed by atoms with Crippen LogP contribution in [0.3, 0.4) is 0 Å². The summed E-state index contributed by atoms with van der Waals surface area (Å²) in [5, 5.41) is 2.81. The van der Waals surface area contributed by atoms with Crippen LogP contribution in [0.15, 0.2) is 54.7 Å². The number of aromatic nitrogens is 1. The molecule has 4 saturated carbocycles. The van der Waals surface area contributed by atoms with Crippen molar-refractivity contribution in [2.45, 2.75) is 43.9 Å². The fourth-order valence-corrected chi connectivity index (χ4v) is 8.76. The minimum absolute atomic E-state index is 0. The summed E-state index contributed by atoms with van der Waals surface area (Å²) in [5.41, 5.74) is 4.27. The van der Waals surface area contributed by atoms with Crippen LogP contribution in [0.5, 0.6) is 0 Å². The molecular formula is C27H24IrNS-. The Balaban J connectivity index is 0.00000175. The Bertz CT molecular complexity index is 1210. The minimum Gasteiger partial charge on any atom is -0.305 e. The maximum Gasteiger partial charge on any atom is 0.0277 e. The molecule has 4 aliphatic rings. The molecule has 0 unspecified atom stereocenters. The van der Waals surface area contributed by atoms with Crippen molar-refractivity contribution in [1.29, 1.82) is 0 Å². The van der Waals surface area contributed by atoms with Gasteiger partial charge in [0.15, 0.2) is 0 Å². The van der Waals surface area contributed by atoms with Gasteiger partial charge in [0, 0.05) is 31.0 Å². The Morgan fingerprint density at radius 3 is 2.27 bits per heavy atom. The van der Waals surface area contributed by atoms with E-state index in [0.29, 0.717) is 5.41 Å². The van der Waals surface area contributed by atoms with Gasteiger partial charge < -0.3 is 4.98 Å². The predicted molar refractivity (Wildman–Crippen MR) is 121 cm³/mol. The van der Waals surface area contributed by atoms with Crippen LogP contribution in [-0.2, 0) is 25.5 Å². The number of thiophene rings is 1. The Morgan fingerprint density at radius 2 is 1.57 bits per heavy atom. The third-order valence-electron chi connectivity index (χ3n) is 7.99. The summed E-state index contributed by atoms with van der Waals surface area (Å²) in [4.78, 5) is 4.62. The first-order chi connectivity index (χ1) is 14.3. The van der Waals surface area contributed by atoms with E-state index in [1.807, 2.05) is 23.6 Å². The molecule has 0 N–H and O–H groups in total. The third kappa shape index (κ3) is 2.72. The molecule has 0 spiro atoms. The van der Waals surface area contributed by atoms with Crippen molar-refractivity contribution in [2.75, 3.05) is 0 Å². The molecule has 30 heavy (non-hydrogen) atoms. The zero-order chi connectivity index (χ0) is 19.0. The van der Waals surface area contributed by atoms with Gasteiger partial charge in [-0.05, 0) is 89.1 Å². The summed E-state index contributed by atoms with van der Waals surface area (Å²) in [6.45, 7) is 0. The normalized spacial score (nSPS) is 29.4. The molecule has 1 nitrogen and oxygen atoms in total. The van der Waals surface area contributed by atoms with E-state index >= 15 is 0 Å². The number of fused-ring (bicyclic) bond motifs is 3. The molecule has 1 radical (unpaired) electrons. The molecule has 4 aromatic rings. The maximum absolute atomic E-state index is 4.62. The predicted octanol–water partition coefficient (Wildman–Crippen LogP) is 7.38. The molecule has 2 aromatic heterocycles. The average molecular weight is 587 g/mol. The summed E-state index contributed by atoms with van der Waals surface area (Å²) in [5.74, 6) is 2.93. The first-order valence-corrected chi connectivity index (χ1v) is 11.9. The number of pyridine rings is 1. The molecule has 0 saturated heterocycles. The zero-order valence-electron chi connectivity index (χ0n) is 16.9. The van der Waals surface area contributed by atoms with E-state index in [1.54, 1.807) is 5.56 Å². The second-order valence-corrected chi connectivity index (χ2v) is 10.8. The van der Waals surface area contributed by atoms with Crippen LogP contribution in [0.1, 0.15) is 44.1 Å². The van der Waals surface area contributed by atoms with Crippen molar-refractivity contribution < 1.29 is 20.1 Å². The van der Waals surface area contributed by atoms with Crippen molar-refractivity contribution in [3.8, 4) is 11.3 Å². The van der Waals surface area contributed by atoms with E-state index in [9.17, 15) is 0 Å². The van der Waals surface area contributed by atoms with Crippen LogP contribution in [0.25, 0.3) is 31.4 Å². The maximum atomic E-state index is 4.62. The molecule has 0 amide bonds. The molecule has 2 aromatic carbocycles. The standard InChI is InChI=1S/C27H24NS.Ir/c1-2-10-28-24(9-1)22-7-3-5-20-21-6-4-8-23(26(21)29-25(20)22)27-14-17-11-18(15-27)13-19(12-17)16-27;/h1-6,8-10,17-19H,11-16H2;/q-1;. The van der Waals surface area contributed by atoms with Gasteiger partial charge in [0.05, 0.1) is 0 Å². The Labute approximate surface area is 195 Å². The number of hydrogen-bond donors (Lipinski definition) is 0. The van der Waals surface area contributed by atoms with Gasteiger partial charge in [-0.3, -0.25) is 0 Å². The smallest absolute Gasteiger partial charge is 0.0277 e. The first-order valence-electron chi connectivity index (χ1n) is 11.1. The molecule has 0 atom stereocenters. The van der Waals surface area contributed by atoms with Gasteiger partial charge in [0.1, 0.15) is 0 Å². The molecule has 4 fully saturated rings. The van der Waals surface area contributed by atoms with Crippen molar-refractivity contribution in [2.24, 2.45) is 17.8 Å². The molecule has 4 aliphatic carbocycles. The number of hydrogen-bond acceptors (Lipinski definition) is 2. The van der Waals surface area contributed by atoms with Crippen LogP contribution in [0, 0.1) is 23.8 Å². The van der Waals surface area contributed by atoms with Crippen molar-refractivity contribution in [3.05, 3.63) is 66.4 Å². The molecule has 3 heteroatoms. The van der Waals surface area contributed by atoms with Gasteiger partial charge in [-0.1, -0.05) is 35.7 Å². The summed E-state index contributed by atoms with van der Waals surface area (Å²) in [7, 11) is 0. The Hall–Kier alpha value is -1.54. The number of nitrogens with zero attached hydrogens (tertiary/aromatic N) is 1. The van der Waals surface area contributed by atoms with E-state index in [0.717, 1.165) is 29.0 Å². The summed E-state index contributed by atoms with van der Waals surface area (Å²) in [6.07, 6.45) is 10.7. The zero-order valence-corrected chi connectivity index (χ0v) is 20.1. The molecule has 153 valence electrons. The SMILES string of the molecule is [Ir].[c-]1ccc2c(sc3c(C45CC6CC(CC(C6)C4)C5)cccc32)c1-c1ccccn1.